The Balaban J connectivity index is 1.18. The number of aromatic nitrogens is 3. The summed E-state index contributed by atoms with van der Waals surface area (Å²) in [5.41, 5.74) is 5.04. The third kappa shape index (κ3) is 4.53. The average Bonchev–Trinajstić information content (AvgIpc) is 3.53. The smallest absolute Gasteiger partial charge is 0.272 e. The van der Waals surface area contributed by atoms with Crippen molar-refractivity contribution in [3.63, 3.8) is 0 Å². The maximum Gasteiger partial charge on any atom is 0.272 e. The normalized spacial score (nSPS) is 18.3. The van der Waals surface area contributed by atoms with Crippen LogP contribution in [0.3, 0.4) is 0 Å². The summed E-state index contributed by atoms with van der Waals surface area (Å²) in [6.07, 6.45) is 3.60. The number of nitrogens with zero attached hydrogens (tertiary/aromatic N) is 5. The van der Waals surface area contributed by atoms with Crippen molar-refractivity contribution in [3.05, 3.63) is 65.6 Å². The zero-order valence-corrected chi connectivity index (χ0v) is 19.9. The second kappa shape index (κ2) is 9.32. The summed E-state index contributed by atoms with van der Waals surface area (Å²) in [5.74, 6) is -0.543. The van der Waals surface area contributed by atoms with Gasteiger partial charge in [0, 0.05) is 62.8 Å². The summed E-state index contributed by atoms with van der Waals surface area (Å²) in [4.78, 5) is 48.1. The fraction of sp³-hybridized carbons (Fsp3) is 0.346. The number of benzene rings is 1. The number of nitrogens with one attached hydrogen (secondary N) is 1. The summed E-state index contributed by atoms with van der Waals surface area (Å²) in [6, 6.07) is 11.4. The molecule has 2 aliphatic heterocycles. The molecule has 0 aliphatic carbocycles. The van der Waals surface area contributed by atoms with Crippen molar-refractivity contribution < 1.29 is 14.4 Å². The molecule has 4 heterocycles. The van der Waals surface area contributed by atoms with Crippen LogP contribution in [0.2, 0.25) is 0 Å². The fourth-order valence-corrected chi connectivity index (χ4v) is 4.67. The van der Waals surface area contributed by atoms with Crippen LogP contribution >= 0.6 is 0 Å². The van der Waals surface area contributed by atoms with E-state index in [4.69, 9.17) is 0 Å². The number of anilines is 1. The van der Waals surface area contributed by atoms with Crippen LogP contribution in [0.5, 0.6) is 0 Å². The molecule has 5 rings (SSSR count). The molecule has 1 atom stereocenters. The lowest BCUT2D eigenvalue weighted by Gasteiger charge is -2.35. The van der Waals surface area contributed by atoms with E-state index in [0.29, 0.717) is 44.1 Å². The van der Waals surface area contributed by atoms with Gasteiger partial charge in [0.15, 0.2) is 0 Å². The Morgan fingerprint density at radius 3 is 2.49 bits per heavy atom. The molecule has 35 heavy (non-hydrogen) atoms. The van der Waals surface area contributed by atoms with Crippen molar-refractivity contribution in [1.29, 1.82) is 0 Å². The second-order valence-corrected chi connectivity index (χ2v) is 9.20. The van der Waals surface area contributed by atoms with Crippen molar-refractivity contribution in [1.82, 2.24) is 25.0 Å². The molecule has 0 saturated carbocycles. The SMILES string of the molecule is Cc1ccc(N2C[C@H](C(=O)N3CCN(C(=O)c4cc(-c5cccnc5)n[nH]4)CC3)CC2=O)cc1C. The molecule has 9 nitrogen and oxygen atoms in total. The lowest BCUT2D eigenvalue weighted by Crippen LogP contribution is -2.52. The number of pyridine rings is 1. The third-order valence-electron chi connectivity index (χ3n) is 6.92. The van der Waals surface area contributed by atoms with Crippen molar-refractivity contribution in [3.8, 4) is 11.3 Å². The highest BCUT2D eigenvalue weighted by atomic mass is 16.2. The van der Waals surface area contributed by atoms with Gasteiger partial charge >= 0.3 is 0 Å². The summed E-state index contributed by atoms with van der Waals surface area (Å²) in [7, 11) is 0. The fourth-order valence-electron chi connectivity index (χ4n) is 4.67. The van der Waals surface area contributed by atoms with E-state index < -0.39 is 0 Å². The van der Waals surface area contributed by atoms with Gasteiger partial charge in [0.25, 0.3) is 5.91 Å². The molecule has 0 bridgehead atoms. The Bertz CT molecular complexity index is 1260. The van der Waals surface area contributed by atoms with Crippen LogP contribution < -0.4 is 4.90 Å². The molecule has 1 N–H and O–H groups in total. The molecular weight excluding hydrogens is 444 g/mol. The van der Waals surface area contributed by atoms with Gasteiger partial charge in [-0.05, 0) is 55.3 Å². The van der Waals surface area contributed by atoms with Crippen LogP contribution in [0.15, 0.2) is 48.8 Å². The largest absolute Gasteiger partial charge is 0.339 e. The molecule has 2 aliphatic rings. The van der Waals surface area contributed by atoms with Crippen molar-refractivity contribution >= 4 is 23.4 Å². The Morgan fingerprint density at radius 1 is 1.00 bits per heavy atom. The summed E-state index contributed by atoms with van der Waals surface area (Å²) in [5, 5.41) is 7.05. The highest BCUT2D eigenvalue weighted by molar-refractivity contribution is 6.00. The number of hydrogen-bond acceptors (Lipinski definition) is 5. The van der Waals surface area contributed by atoms with Gasteiger partial charge in [-0.15, -0.1) is 0 Å². The number of hydrogen-bond donors (Lipinski definition) is 1. The maximum absolute atomic E-state index is 13.2. The first-order valence-electron chi connectivity index (χ1n) is 11.8. The van der Waals surface area contributed by atoms with Gasteiger partial charge in [-0.1, -0.05) is 6.07 Å². The van der Waals surface area contributed by atoms with E-state index in [-0.39, 0.29) is 30.1 Å². The number of aryl methyl sites for hydroxylation is 2. The van der Waals surface area contributed by atoms with Crippen LogP contribution in [0.4, 0.5) is 5.69 Å². The predicted octanol–water partition coefficient (Wildman–Crippen LogP) is 2.43. The van der Waals surface area contributed by atoms with Crippen molar-refractivity contribution in [2.24, 2.45) is 5.92 Å². The molecule has 180 valence electrons. The maximum atomic E-state index is 13.2. The van der Waals surface area contributed by atoms with Crippen LogP contribution in [0.25, 0.3) is 11.3 Å². The summed E-state index contributed by atoms with van der Waals surface area (Å²) in [6.45, 7) is 6.22. The lowest BCUT2D eigenvalue weighted by atomic mass is 10.1. The van der Waals surface area contributed by atoms with E-state index in [9.17, 15) is 14.4 Å². The predicted molar refractivity (Wildman–Crippen MR) is 131 cm³/mol. The minimum absolute atomic E-state index is 0.0165. The van der Waals surface area contributed by atoms with Crippen molar-refractivity contribution in [2.45, 2.75) is 20.3 Å². The third-order valence-corrected chi connectivity index (χ3v) is 6.92. The number of carbonyl (C=O) groups excluding carboxylic acids is 3. The van der Waals surface area contributed by atoms with Gasteiger partial charge in [-0.2, -0.15) is 5.10 Å². The van der Waals surface area contributed by atoms with Crippen LogP contribution in [0.1, 0.15) is 28.0 Å². The molecule has 2 saturated heterocycles. The standard InChI is InChI=1S/C26H28N6O3/c1-17-5-6-21(12-18(17)2)32-16-20(13-24(32)33)25(34)30-8-10-31(11-9-30)26(35)23-14-22(28-29-23)19-4-3-7-27-15-19/h3-7,12,14-15,20H,8-11,13,16H2,1-2H3,(H,28,29)/t20-/m1/s1. The van der Waals surface area contributed by atoms with E-state index >= 15 is 0 Å². The zero-order chi connectivity index (χ0) is 24.5. The van der Waals surface area contributed by atoms with Crippen LogP contribution in [-0.2, 0) is 9.59 Å². The molecular formula is C26H28N6O3. The molecule has 9 heteroatoms. The highest BCUT2D eigenvalue weighted by Gasteiger charge is 2.38. The lowest BCUT2D eigenvalue weighted by molar-refractivity contribution is -0.137. The van der Waals surface area contributed by atoms with Crippen LogP contribution in [-0.4, -0.2) is 75.4 Å². The minimum Gasteiger partial charge on any atom is -0.339 e. The minimum atomic E-state index is -0.360. The molecule has 0 spiro atoms. The first kappa shape index (κ1) is 22.8. The number of aromatic amines is 1. The Kier molecular flexibility index (Phi) is 6.07. The molecule has 1 aromatic carbocycles. The Morgan fingerprint density at radius 2 is 1.77 bits per heavy atom. The zero-order valence-electron chi connectivity index (χ0n) is 19.9. The quantitative estimate of drug-likeness (QED) is 0.628. The number of H-pyrrole nitrogens is 1. The van der Waals surface area contributed by atoms with Crippen molar-refractivity contribution in [2.75, 3.05) is 37.6 Å². The first-order valence-corrected chi connectivity index (χ1v) is 11.8. The Hall–Kier alpha value is -4.01. The molecule has 3 amide bonds. The number of amides is 3. The van der Waals surface area contributed by atoms with Gasteiger partial charge in [0.2, 0.25) is 11.8 Å². The first-order chi connectivity index (χ1) is 16.9. The van der Waals surface area contributed by atoms with Gasteiger partial charge in [-0.3, -0.25) is 24.5 Å². The number of piperazine rings is 1. The Labute approximate surface area is 203 Å². The van der Waals surface area contributed by atoms with Gasteiger partial charge in [0.1, 0.15) is 5.69 Å². The molecule has 2 aromatic heterocycles. The summed E-state index contributed by atoms with van der Waals surface area (Å²) < 4.78 is 0. The van der Waals surface area contributed by atoms with E-state index in [1.807, 2.05) is 44.2 Å². The molecule has 2 fully saturated rings. The second-order valence-electron chi connectivity index (χ2n) is 9.20. The van der Waals surface area contributed by atoms with E-state index in [1.165, 1.54) is 5.56 Å². The average molecular weight is 473 g/mol. The number of rotatable bonds is 4. The molecule has 3 aromatic rings. The number of carbonyl (C=O) groups is 3. The molecule has 0 radical (unpaired) electrons. The topological polar surface area (TPSA) is 102 Å². The highest BCUT2D eigenvalue weighted by Crippen LogP contribution is 2.28. The van der Waals surface area contributed by atoms with Gasteiger partial charge < -0.3 is 14.7 Å². The van der Waals surface area contributed by atoms with Gasteiger partial charge in [-0.25, -0.2) is 0 Å². The monoisotopic (exact) mass is 472 g/mol. The van der Waals surface area contributed by atoms with E-state index in [1.54, 1.807) is 33.2 Å². The molecule has 0 unspecified atom stereocenters. The van der Waals surface area contributed by atoms with E-state index in [2.05, 4.69) is 15.2 Å². The summed E-state index contributed by atoms with van der Waals surface area (Å²) >= 11 is 0. The van der Waals surface area contributed by atoms with E-state index in [0.717, 1.165) is 16.8 Å². The van der Waals surface area contributed by atoms with Gasteiger partial charge in [0.05, 0.1) is 11.6 Å². The van der Waals surface area contributed by atoms with Crippen LogP contribution in [0, 0.1) is 19.8 Å².